The summed E-state index contributed by atoms with van der Waals surface area (Å²) in [5.74, 6) is -0.534. The van der Waals surface area contributed by atoms with Crippen LogP contribution in [0.1, 0.15) is 37.9 Å². The fraction of sp³-hybridized carbons (Fsp3) is 0.0909. The highest BCUT2D eigenvalue weighted by atomic mass is 16.2. The maximum absolute atomic E-state index is 12.3. The Morgan fingerprint density at radius 1 is 1.00 bits per heavy atom. The lowest BCUT2D eigenvalue weighted by Gasteiger charge is -2.14. The molecule has 1 heterocycles. The number of hydrogen-bond donors (Lipinski definition) is 3. The van der Waals surface area contributed by atoms with E-state index in [1.807, 2.05) is 6.07 Å². The fourth-order valence-corrected chi connectivity index (χ4v) is 2.67. The van der Waals surface area contributed by atoms with Crippen molar-refractivity contribution >= 4 is 17.5 Å². The predicted molar refractivity (Wildman–Crippen MR) is 109 cm³/mol. The van der Waals surface area contributed by atoms with E-state index < -0.39 is 6.04 Å². The van der Waals surface area contributed by atoms with Crippen LogP contribution >= 0.6 is 0 Å². The summed E-state index contributed by atoms with van der Waals surface area (Å²) < 4.78 is 0. The molecule has 7 nitrogen and oxygen atoms in total. The third-order valence-electron chi connectivity index (χ3n) is 4.28. The van der Waals surface area contributed by atoms with Gasteiger partial charge >= 0.3 is 0 Å². The zero-order valence-corrected chi connectivity index (χ0v) is 15.5. The van der Waals surface area contributed by atoms with Crippen LogP contribution in [-0.2, 0) is 0 Å². The number of pyridine rings is 1. The monoisotopic (exact) mass is 385 g/mol. The van der Waals surface area contributed by atoms with E-state index in [4.69, 9.17) is 11.0 Å². The van der Waals surface area contributed by atoms with E-state index >= 15 is 0 Å². The second-order valence-corrected chi connectivity index (χ2v) is 6.32. The summed E-state index contributed by atoms with van der Waals surface area (Å²) >= 11 is 0. The molecule has 144 valence electrons. The van der Waals surface area contributed by atoms with Crippen LogP contribution in [-0.4, -0.2) is 23.3 Å². The molecule has 2 aromatic carbocycles. The Hall–Kier alpha value is -4.02. The molecule has 0 aliphatic rings. The summed E-state index contributed by atoms with van der Waals surface area (Å²) in [4.78, 5) is 28.4. The van der Waals surface area contributed by atoms with Gasteiger partial charge in [-0.15, -0.1) is 0 Å². The van der Waals surface area contributed by atoms with Crippen LogP contribution in [0.3, 0.4) is 0 Å². The van der Waals surface area contributed by atoms with Crippen molar-refractivity contribution in [1.29, 1.82) is 5.26 Å². The third kappa shape index (κ3) is 5.25. The maximum Gasteiger partial charge on any atom is 0.255 e. The number of nitrogens with one attached hydrogen (secondary N) is 2. The van der Waals surface area contributed by atoms with Gasteiger partial charge in [-0.2, -0.15) is 5.26 Å². The van der Waals surface area contributed by atoms with Crippen molar-refractivity contribution in [2.24, 2.45) is 5.73 Å². The number of amides is 2. The first-order valence-corrected chi connectivity index (χ1v) is 8.92. The summed E-state index contributed by atoms with van der Waals surface area (Å²) in [7, 11) is 0. The Balaban J connectivity index is 1.57. The SMILES string of the molecule is N#Cc1cccc(C(=O)NCC(N)c2ccc(C(=O)Nc3ccncc3)cc2)c1. The third-order valence-corrected chi connectivity index (χ3v) is 4.28. The molecule has 4 N–H and O–H groups in total. The number of carbonyl (C=O) groups is 2. The molecule has 3 rings (SSSR count). The second-order valence-electron chi connectivity index (χ2n) is 6.32. The van der Waals surface area contributed by atoms with Crippen molar-refractivity contribution in [1.82, 2.24) is 10.3 Å². The molecule has 0 aliphatic carbocycles. The highest BCUT2D eigenvalue weighted by molar-refractivity contribution is 6.04. The van der Waals surface area contributed by atoms with Gasteiger partial charge in [0.15, 0.2) is 0 Å². The molecule has 29 heavy (non-hydrogen) atoms. The number of rotatable bonds is 6. The molecule has 2 amide bonds. The topological polar surface area (TPSA) is 121 Å². The van der Waals surface area contributed by atoms with Gasteiger partial charge in [0.25, 0.3) is 11.8 Å². The van der Waals surface area contributed by atoms with E-state index in [2.05, 4.69) is 15.6 Å². The second kappa shape index (κ2) is 9.26. The minimum Gasteiger partial charge on any atom is -0.350 e. The number of benzene rings is 2. The highest BCUT2D eigenvalue weighted by Gasteiger charge is 2.12. The molecule has 3 aromatic rings. The molecule has 0 saturated heterocycles. The summed E-state index contributed by atoms with van der Waals surface area (Å²) in [6.07, 6.45) is 3.20. The maximum atomic E-state index is 12.3. The van der Waals surface area contributed by atoms with Crippen LogP contribution in [0.15, 0.2) is 73.1 Å². The average Bonchev–Trinajstić information content (AvgIpc) is 2.78. The summed E-state index contributed by atoms with van der Waals surface area (Å²) in [5, 5.41) is 14.5. The van der Waals surface area contributed by atoms with Gasteiger partial charge < -0.3 is 16.4 Å². The molecule has 1 atom stereocenters. The van der Waals surface area contributed by atoms with Crippen molar-refractivity contribution in [2.45, 2.75) is 6.04 Å². The smallest absolute Gasteiger partial charge is 0.255 e. The van der Waals surface area contributed by atoms with Crippen molar-refractivity contribution < 1.29 is 9.59 Å². The Bertz CT molecular complexity index is 1040. The van der Waals surface area contributed by atoms with E-state index in [0.717, 1.165) is 5.56 Å². The van der Waals surface area contributed by atoms with E-state index in [1.54, 1.807) is 67.0 Å². The van der Waals surface area contributed by atoms with Crippen LogP contribution in [0.2, 0.25) is 0 Å². The minimum atomic E-state index is -0.435. The van der Waals surface area contributed by atoms with Gasteiger partial charge in [-0.1, -0.05) is 18.2 Å². The van der Waals surface area contributed by atoms with Crippen LogP contribution in [0, 0.1) is 11.3 Å². The highest BCUT2D eigenvalue weighted by Crippen LogP contribution is 2.13. The van der Waals surface area contributed by atoms with Gasteiger partial charge in [-0.3, -0.25) is 14.6 Å². The van der Waals surface area contributed by atoms with E-state index in [9.17, 15) is 9.59 Å². The number of nitrogens with two attached hydrogens (primary N) is 1. The number of aromatic nitrogens is 1. The molecule has 0 saturated carbocycles. The number of nitrogens with zero attached hydrogens (tertiary/aromatic N) is 2. The van der Waals surface area contributed by atoms with Crippen LogP contribution in [0.5, 0.6) is 0 Å². The van der Waals surface area contributed by atoms with Gasteiger partial charge in [-0.25, -0.2) is 0 Å². The quantitative estimate of drug-likeness (QED) is 0.602. The molecule has 1 unspecified atom stereocenters. The van der Waals surface area contributed by atoms with Crippen molar-refractivity contribution in [3.05, 3.63) is 95.3 Å². The van der Waals surface area contributed by atoms with Crippen molar-refractivity contribution in [2.75, 3.05) is 11.9 Å². The van der Waals surface area contributed by atoms with E-state index in [1.165, 1.54) is 6.07 Å². The Morgan fingerprint density at radius 3 is 2.41 bits per heavy atom. The summed E-state index contributed by atoms with van der Waals surface area (Å²) in [6.45, 7) is 0.220. The lowest BCUT2D eigenvalue weighted by molar-refractivity contribution is 0.0950. The lowest BCUT2D eigenvalue weighted by Crippen LogP contribution is -2.32. The number of carbonyl (C=O) groups excluding carboxylic acids is 2. The van der Waals surface area contributed by atoms with Crippen molar-refractivity contribution in [3.63, 3.8) is 0 Å². The van der Waals surface area contributed by atoms with Gasteiger partial charge in [0.2, 0.25) is 0 Å². The largest absolute Gasteiger partial charge is 0.350 e. The average molecular weight is 385 g/mol. The van der Waals surface area contributed by atoms with E-state index in [0.29, 0.717) is 22.4 Å². The lowest BCUT2D eigenvalue weighted by atomic mass is 10.0. The molecular weight excluding hydrogens is 366 g/mol. The number of hydrogen-bond acceptors (Lipinski definition) is 5. The molecule has 0 bridgehead atoms. The number of anilines is 1. The standard InChI is InChI=1S/C22H19N5O2/c23-13-15-2-1-3-18(12-15)21(28)26-14-20(24)16-4-6-17(7-5-16)22(29)27-19-8-10-25-11-9-19/h1-12,20H,14,24H2,(H,26,28)(H,25,27,29). The molecule has 1 aromatic heterocycles. The Kier molecular flexibility index (Phi) is 6.30. The molecular formula is C22H19N5O2. The minimum absolute atomic E-state index is 0.220. The molecule has 0 aliphatic heterocycles. The number of nitriles is 1. The first kappa shape index (κ1) is 19.7. The Morgan fingerprint density at radius 2 is 1.72 bits per heavy atom. The molecule has 0 radical (unpaired) electrons. The van der Waals surface area contributed by atoms with Gasteiger partial charge in [0, 0.05) is 41.8 Å². The van der Waals surface area contributed by atoms with Crippen molar-refractivity contribution in [3.8, 4) is 6.07 Å². The predicted octanol–water partition coefficient (Wildman–Crippen LogP) is 2.64. The summed E-state index contributed by atoms with van der Waals surface area (Å²) in [6, 6.07) is 18.3. The van der Waals surface area contributed by atoms with Crippen LogP contribution in [0.4, 0.5) is 5.69 Å². The van der Waals surface area contributed by atoms with Crippen LogP contribution in [0.25, 0.3) is 0 Å². The van der Waals surface area contributed by atoms with E-state index in [-0.39, 0.29) is 18.4 Å². The van der Waals surface area contributed by atoms with Crippen LogP contribution < -0.4 is 16.4 Å². The van der Waals surface area contributed by atoms with Gasteiger partial charge in [-0.05, 0) is 48.0 Å². The zero-order chi connectivity index (χ0) is 20.6. The molecule has 7 heteroatoms. The zero-order valence-electron chi connectivity index (χ0n) is 15.5. The molecule has 0 spiro atoms. The first-order chi connectivity index (χ1) is 14.1. The Labute approximate surface area is 168 Å². The first-order valence-electron chi connectivity index (χ1n) is 8.92. The fourth-order valence-electron chi connectivity index (χ4n) is 2.67. The molecule has 0 fully saturated rings. The van der Waals surface area contributed by atoms with Gasteiger partial charge in [0.1, 0.15) is 0 Å². The van der Waals surface area contributed by atoms with Gasteiger partial charge in [0.05, 0.1) is 11.6 Å². The normalized spacial score (nSPS) is 11.2. The summed E-state index contributed by atoms with van der Waals surface area (Å²) in [5.41, 5.74) is 8.92.